The van der Waals surface area contributed by atoms with Crippen molar-refractivity contribution in [3.8, 4) is 0 Å². The Morgan fingerprint density at radius 2 is 1.91 bits per heavy atom. The SMILES string of the molecule is O=C1CCCN1Cc1cccc(C(=O)N2CC[C@@]3(O)CCCC[C@H]3[C@@H]2c2ccccc2Cl)c1. The number of rotatable bonds is 4. The van der Waals surface area contributed by atoms with Gasteiger partial charge in [0.05, 0.1) is 11.6 Å². The van der Waals surface area contributed by atoms with E-state index < -0.39 is 5.60 Å². The minimum atomic E-state index is -0.753. The molecular weight excluding hydrogens is 436 g/mol. The number of benzene rings is 2. The minimum absolute atomic E-state index is 0.0331. The Hall–Kier alpha value is -2.37. The van der Waals surface area contributed by atoms with Crippen molar-refractivity contribution in [2.24, 2.45) is 5.92 Å². The smallest absolute Gasteiger partial charge is 0.254 e. The third kappa shape index (κ3) is 4.29. The molecule has 2 aromatic carbocycles. The summed E-state index contributed by atoms with van der Waals surface area (Å²) in [5.74, 6) is 0.106. The van der Waals surface area contributed by atoms with E-state index in [4.69, 9.17) is 11.6 Å². The van der Waals surface area contributed by atoms with Crippen LogP contribution in [0, 0.1) is 5.92 Å². The zero-order chi connectivity index (χ0) is 23.0. The van der Waals surface area contributed by atoms with Gasteiger partial charge in [-0.2, -0.15) is 0 Å². The van der Waals surface area contributed by atoms with E-state index in [1.165, 1.54) is 0 Å². The highest BCUT2D eigenvalue weighted by atomic mass is 35.5. The lowest BCUT2D eigenvalue weighted by molar-refractivity contribution is -0.128. The number of hydrogen-bond acceptors (Lipinski definition) is 3. The van der Waals surface area contributed by atoms with Crippen LogP contribution in [0.2, 0.25) is 5.02 Å². The topological polar surface area (TPSA) is 60.9 Å². The molecule has 0 aromatic heterocycles. The van der Waals surface area contributed by atoms with E-state index in [1.807, 2.05) is 58.3 Å². The molecule has 2 aromatic rings. The number of piperidine rings is 1. The fraction of sp³-hybridized carbons (Fsp3) is 0.481. The van der Waals surface area contributed by atoms with Gasteiger partial charge in [-0.15, -0.1) is 0 Å². The maximum Gasteiger partial charge on any atom is 0.254 e. The standard InChI is InChI=1S/C27H31ClN2O3/c28-23-11-2-1-9-21(23)25-22-10-3-4-13-27(22,33)14-16-30(25)26(32)20-8-5-7-19(17-20)18-29-15-6-12-24(29)31/h1-2,5,7-9,11,17,22,25,33H,3-4,6,10,12-16,18H2/t22-,25-,27-/m0/s1. The maximum atomic E-state index is 13.8. The summed E-state index contributed by atoms with van der Waals surface area (Å²) < 4.78 is 0. The number of halogens is 1. The highest BCUT2D eigenvalue weighted by Gasteiger charge is 2.50. The van der Waals surface area contributed by atoms with Crippen molar-refractivity contribution in [2.45, 2.75) is 63.1 Å². The number of amides is 2. The zero-order valence-corrected chi connectivity index (χ0v) is 19.6. The molecule has 3 atom stereocenters. The molecule has 0 unspecified atom stereocenters. The Kier molecular flexibility index (Phi) is 6.19. The summed E-state index contributed by atoms with van der Waals surface area (Å²) in [5.41, 5.74) is 1.75. The van der Waals surface area contributed by atoms with Crippen LogP contribution in [0.3, 0.4) is 0 Å². The fourth-order valence-corrected chi connectivity index (χ4v) is 6.32. The number of carbonyl (C=O) groups excluding carboxylic acids is 2. The lowest BCUT2D eigenvalue weighted by atomic mass is 9.66. The zero-order valence-electron chi connectivity index (χ0n) is 18.9. The number of likely N-dealkylation sites (tertiary alicyclic amines) is 2. The van der Waals surface area contributed by atoms with Crippen LogP contribution in [0.4, 0.5) is 0 Å². The Morgan fingerprint density at radius 3 is 2.70 bits per heavy atom. The molecule has 1 aliphatic carbocycles. The molecule has 0 radical (unpaired) electrons. The number of aliphatic hydroxyl groups is 1. The van der Waals surface area contributed by atoms with Crippen molar-refractivity contribution in [1.82, 2.24) is 9.80 Å². The molecule has 1 N–H and O–H groups in total. The molecule has 1 saturated carbocycles. The van der Waals surface area contributed by atoms with E-state index in [0.29, 0.717) is 36.5 Å². The quantitative estimate of drug-likeness (QED) is 0.691. The molecule has 3 fully saturated rings. The molecular formula is C27H31ClN2O3. The third-order valence-corrected chi connectivity index (χ3v) is 8.12. The van der Waals surface area contributed by atoms with Crippen LogP contribution < -0.4 is 0 Å². The first-order valence-electron chi connectivity index (χ1n) is 12.1. The van der Waals surface area contributed by atoms with E-state index in [1.54, 1.807) is 0 Å². The Balaban J connectivity index is 1.47. The van der Waals surface area contributed by atoms with Crippen LogP contribution in [0.25, 0.3) is 0 Å². The first-order valence-corrected chi connectivity index (χ1v) is 12.5. The van der Waals surface area contributed by atoms with E-state index in [9.17, 15) is 14.7 Å². The van der Waals surface area contributed by atoms with Gasteiger partial charge in [-0.3, -0.25) is 9.59 Å². The molecule has 0 spiro atoms. The second-order valence-electron chi connectivity index (χ2n) is 9.79. The van der Waals surface area contributed by atoms with Crippen molar-refractivity contribution in [1.29, 1.82) is 0 Å². The molecule has 6 heteroatoms. The van der Waals surface area contributed by atoms with E-state index in [-0.39, 0.29) is 23.8 Å². The van der Waals surface area contributed by atoms with E-state index >= 15 is 0 Å². The molecule has 0 bridgehead atoms. The molecule has 174 valence electrons. The minimum Gasteiger partial charge on any atom is -0.389 e. The summed E-state index contributed by atoms with van der Waals surface area (Å²) in [6.45, 7) is 1.81. The van der Waals surface area contributed by atoms with Gasteiger partial charge in [-0.1, -0.05) is 54.8 Å². The molecule has 2 heterocycles. The van der Waals surface area contributed by atoms with Crippen LogP contribution in [-0.2, 0) is 11.3 Å². The van der Waals surface area contributed by atoms with Crippen molar-refractivity contribution >= 4 is 23.4 Å². The summed E-state index contributed by atoms with van der Waals surface area (Å²) in [5, 5.41) is 12.1. The molecule has 2 saturated heterocycles. The maximum absolute atomic E-state index is 13.8. The van der Waals surface area contributed by atoms with Crippen LogP contribution in [0.15, 0.2) is 48.5 Å². The van der Waals surface area contributed by atoms with Gasteiger partial charge in [-0.05, 0) is 55.0 Å². The number of carbonyl (C=O) groups is 2. The van der Waals surface area contributed by atoms with Gasteiger partial charge >= 0.3 is 0 Å². The van der Waals surface area contributed by atoms with Crippen molar-refractivity contribution in [3.05, 3.63) is 70.2 Å². The third-order valence-electron chi connectivity index (χ3n) is 7.77. The summed E-state index contributed by atoms with van der Waals surface area (Å²) in [6, 6.07) is 15.1. The van der Waals surface area contributed by atoms with Gasteiger partial charge in [0, 0.05) is 42.6 Å². The fourth-order valence-electron chi connectivity index (χ4n) is 6.07. The van der Waals surface area contributed by atoms with Gasteiger partial charge < -0.3 is 14.9 Å². The molecule has 5 nitrogen and oxygen atoms in total. The lowest BCUT2D eigenvalue weighted by Crippen LogP contribution is -2.56. The van der Waals surface area contributed by atoms with Crippen molar-refractivity contribution in [3.63, 3.8) is 0 Å². The van der Waals surface area contributed by atoms with Crippen LogP contribution in [0.1, 0.15) is 72.5 Å². The summed E-state index contributed by atoms with van der Waals surface area (Å²) in [7, 11) is 0. The van der Waals surface area contributed by atoms with Gasteiger partial charge in [-0.25, -0.2) is 0 Å². The molecule has 5 rings (SSSR count). The second kappa shape index (κ2) is 9.11. The van der Waals surface area contributed by atoms with Crippen LogP contribution in [0.5, 0.6) is 0 Å². The molecule has 33 heavy (non-hydrogen) atoms. The Morgan fingerprint density at radius 1 is 1.06 bits per heavy atom. The Bertz CT molecular complexity index is 1060. The van der Waals surface area contributed by atoms with Gasteiger partial charge in [0.15, 0.2) is 0 Å². The molecule has 2 amide bonds. The average Bonchev–Trinajstić information content (AvgIpc) is 3.22. The lowest BCUT2D eigenvalue weighted by Gasteiger charge is -2.52. The largest absolute Gasteiger partial charge is 0.389 e. The normalized spacial score (nSPS) is 27.5. The van der Waals surface area contributed by atoms with Crippen LogP contribution in [-0.4, -0.2) is 45.4 Å². The number of hydrogen-bond donors (Lipinski definition) is 1. The average molecular weight is 467 g/mol. The molecule has 2 aliphatic heterocycles. The second-order valence-corrected chi connectivity index (χ2v) is 10.2. The van der Waals surface area contributed by atoms with Gasteiger partial charge in [0.2, 0.25) is 5.91 Å². The first-order chi connectivity index (χ1) is 16.0. The summed E-state index contributed by atoms with van der Waals surface area (Å²) in [4.78, 5) is 29.7. The first kappa shape index (κ1) is 22.4. The van der Waals surface area contributed by atoms with Crippen LogP contribution >= 0.6 is 11.6 Å². The number of nitrogens with zero attached hydrogens (tertiary/aromatic N) is 2. The van der Waals surface area contributed by atoms with Gasteiger partial charge in [0.1, 0.15) is 0 Å². The summed E-state index contributed by atoms with van der Waals surface area (Å²) >= 11 is 6.63. The predicted molar refractivity (Wildman–Crippen MR) is 128 cm³/mol. The van der Waals surface area contributed by atoms with Gasteiger partial charge in [0.25, 0.3) is 5.91 Å². The number of fused-ring (bicyclic) bond motifs is 1. The monoisotopic (exact) mass is 466 g/mol. The molecule has 3 aliphatic rings. The van der Waals surface area contributed by atoms with Crippen molar-refractivity contribution in [2.75, 3.05) is 13.1 Å². The van der Waals surface area contributed by atoms with Crippen molar-refractivity contribution < 1.29 is 14.7 Å². The van der Waals surface area contributed by atoms with E-state index in [0.717, 1.165) is 49.8 Å². The van der Waals surface area contributed by atoms with E-state index in [2.05, 4.69) is 0 Å². The Labute approximate surface area is 200 Å². The predicted octanol–water partition coefficient (Wildman–Crippen LogP) is 4.97. The highest BCUT2D eigenvalue weighted by Crippen LogP contribution is 2.50. The highest BCUT2D eigenvalue weighted by molar-refractivity contribution is 6.31. The summed E-state index contributed by atoms with van der Waals surface area (Å²) in [6.07, 6.45) is 5.83.